The van der Waals surface area contributed by atoms with Crippen molar-refractivity contribution in [3.05, 3.63) is 86.4 Å². The molecule has 0 aromatic heterocycles. The Labute approximate surface area is 195 Å². The summed E-state index contributed by atoms with van der Waals surface area (Å²) < 4.78 is 16.4. The van der Waals surface area contributed by atoms with E-state index >= 15 is 0 Å². The van der Waals surface area contributed by atoms with E-state index in [1.807, 2.05) is 12.1 Å². The van der Waals surface area contributed by atoms with Crippen molar-refractivity contribution in [1.82, 2.24) is 0 Å². The summed E-state index contributed by atoms with van der Waals surface area (Å²) >= 11 is 12.4. The molecule has 1 atom stereocenters. The fourth-order valence-corrected chi connectivity index (χ4v) is 4.32. The van der Waals surface area contributed by atoms with E-state index in [0.717, 1.165) is 5.56 Å². The third-order valence-corrected chi connectivity index (χ3v) is 6.03. The van der Waals surface area contributed by atoms with E-state index in [-0.39, 0.29) is 17.2 Å². The van der Waals surface area contributed by atoms with Gasteiger partial charge >= 0.3 is 5.97 Å². The lowest BCUT2D eigenvalue weighted by Gasteiger charge is -2.32. The summed E-state index contributed by atoms with van der Waals surface area (Å²) in [7, 11) is 1.26. The first kappa shape index (κ1) is 22.2. The van der Waals surface area contributed by atoms with Crippen LogP contribution in [0.15, 0.2) is 65.3 Å². The lowest BCUT2D eigenvalue weighted by atomic mass is 9.77. The molecule has 0 spiro atoms. The largest absolute Gasteiger partial charge is 0.487 e. The molecule has 32 heavy (non-hydrogen) atoms. The Bertz CT molecular complexity index is 1140. The zero-order chi connectivity index (χ0) is 22.8. The van der Waals surface area contributed by atoms with E-state index in [1.54, 1.807) is 30.3 Å². The molecule has 0 saturated heterocycles. The number of ketones is 1. The van der Waals surface area contributed by atoms with E-state index in [9.17, 15) is 9.59 Å². The smallest absolute Gasteiger partial charge is 0.340 e. The van der Waals surface area contributed by atoms with Crippen LogP contribution in [0.25, 0.3) is 0 Å². The van der Waals surface area contributed by atoms with Crippen LogP contribution in [-0.4, -0.2) is 18.9 Å². The molecule has 0 amide bonds. The fourth-order valence-electron chi connectivity index (χ4n) is 3.95. The van der Waals surface area contributed by atoms with Crippen molar-refractivity contribution in [3.63, 3.8) is 0 Å². The summed E-state index contributed by atoms with van der Waals surface area (Å²) in [5.74, 6) is -0.550. The number of methoxy groups -OCH3 is 1. The average Bonchev–Trinajstić information content (AvgIpc) is 2.78. The molecule has 0 saturated carbocycles. The van der Waals surface area contributed by atoms with Crippen LogP contribution in [0, 0.1) is 0 Å². The quantitative estimate of drug-likeness (QED) is 0.612. The Hall–Kier alpha value is -2.96. The number of Topliss-reactive ketones (excluding diaryl/α,β-unsaturated/α-hetero) is 1. The van der Waals surface area contributed by atoms with Crippen LogP contribution < -0.4 is 10.5 Å². The number of allylic oxidation sites excluding steroid dienone is 2. The number of hydrogen-bond donors (Lipinski definition) is 1. The molecule has 2 aliphatic rings. The lowest BCUT2D eigenvalue weighted by Crippen LogP contribution is -2.31. The summed E-state index contributed by atoms with van der Waals surface area (Å²) in [4.78, 5) is 25.3. The van der Waals surface area contributed by atoms with Gasteiger partial charge in [-0.15, -0.1) is 0 Å². The van der Waals surface area contributed by atoms with Crippen LogP contribution in [0.4, 0.5) is 0 Å². The van der Waals surface area contributed by atoms with Crippen molar-refractivity contribution in [2.75, 3.05) is 7.11 Å². The molecule has 6 nitrogen and oxygen atoms in total. The summed E-state index contributed by atoms with van der Waals surface area (Å²) in [6.07, 6.45) is 1.62. The second kappa shape index (κ2) is 9.27. The number of benzene rings is 2. The molecule has 1 aliphatic carbocycles. The Morgan fingerprint density at radius 3 is 2.59 bits per heavy atom. The number of carbonyl (C=O) groups is 2. The first-order valence-electron chi connectivity index (χ1n) is 10.1. The number of carbonyl (C=O) groups excluding carboxylic acids is 2. The van der Waals surface area contributed by atoms with Crippen LogP contribution in [0.3, 0.4) is 0 Å². The standard InChI is InChI=1S/C24H21Cl2NO5/c1-30-24(29)22-20(21-17(28)3-2-4-19(21)32-23(22)27)14-7-10-18(16(26)11-14)31-12-13-5-8-15(25)9-6-13/h5-11,20H,2-4,12,27H2,1H3/t20-/m1/s1. The summed E-state index contributed by atoms with van der Waals surface area (Å²) in [5.41, 5.74) is 8.15. The van der Waals surface area contributed by atoms with Crippen molar-refractivity contribution in [2.45, 2.75) is 31.8 Å². The molecule has 166 valence electrons. The Morgan fingerprint density at radius 2 is 1.91 bits per heavy atom. The zero-order valence-electron chi connectivity index (χ0n) is 17.3. The lowest BCUT2D eigenvalue weighted by molar-refractivity contribution is -0.136. The molecule has 1 aliphatic heterocycles. The average molecular weight is 474 g/mol. The van der Waals surface area contributed by atoms with Crippen molar-refractivity contribution in [3.8, 4) is 5.75 Å². The van der Waals surface area contributed by atoms with Gasteiger partial charge in [0.1, 0.15) is 23.7 Å². The maximum absolute atomic E-state index is 12.8. The molecule has 0 unspecified atom stereocenters. The molecular weight excluding hydrogens is 453 g/mol. The number of rotatable bonds is 5. The minimum absolute atomic E-state index is 0.0607. The van der Waals surface area contributed by atoms with Crippen LogP contribution in [0.5, 0.6) is 5.75 Å². The number of halogens is 2. The van der Waals surface area contributed by atoms with Crippen LogP contribution in [0.1, 0.15) is 36.3 Å². The van der Waals surface area contributed by atoms with Crippen molar-refractivity contribution >= 4 is 35.0 Å². The summed E-state index contributed by atoms with van der Waals surface area (Å²) in [6.45, 7) is 0.307. The van der Waals surface area contributed by atoms with Gasteiger partial charge in [0.25, 0.3) is 0 Å². The van der Waals surface area contributed by atoms with Gasteiger partial charge < -0.3 is 19.9 Å². The monoisotopic (exact) mass is 473 g/mol. The van der Waals surface area contributed by atoms with Gasteiger partial charge in [0, 0.05) is 23.4 Å². The van der Waals surface area contributed by atoms with E-state index in [4.69, 9.17) is 43.1 Å². The molecular formula is C24H21Cl2NO5. The number of ether oxygens (including phenoxy) is 3. The normalized spacial score (nSPS) is 18.2. The Balaban J connectivity index is 1.67. The van der Waals surface area contributed by atoms with Crippen molar-refractivity contribution in [1.29, 1.82) is 0 Å². The van der Waals surface area contributed by atoms with Gasteiger partial charge in [0.15, 0.2) is 5.78 Å². The van der Waals surface area contributed by atoms with Gasteiger partial charge in [0.05, 0.1) is 18.1 Å². The first-order chi connectivity index (χ1) is 15.4. The van der Waals surface area contributed by atoms with E-state index in [1.165, 1.54) is 7.11 Å². The number of esters is 1. The summed E-state index contributed by atoms with van der Waals surface area (Å²) in [5, 5.41) is 0.989. The van der Waals surface area contributed by atoms with Crippen molar-refractivity contribution < 1.29 is 23.8 Å². The third-order valence-electron chi connectivity index (χ3n) is 5.49. The van der Waals surface area contributed by atoms with Crippen LogP contribution in [0.2, 0.25) is 10.0 Å². The van der Waals surface area contributed by atoms with Crippen LogP contribution >= 0.6 is 23.2 Å². The second-order valence-corrected chi connectivity index (χ2v) is 8.37. The van der Waals surface area contributed by atoms with E-state index in [0.29, 0.717) is 58.6 Å². The highest BCUT2D eigenvalue weighted by Crippen LogP contribution is 2.45. The Kier molecular flexibility index (Phi) is 6.44. The maximum atomic E-state index is 12.8. The maximum Gasteiger partial charge on any atom is 0.340 e. The van der Waals surface area contributed by atoms with Crippen LogP contribution in [-0.2, 0) is 25.7 Å². The molecule has 0 radical (unpaired) electrons. The van der Waals surface area contributed by atoms with Gasteiger partial charge in [-0.3, -0.25) is 4.79 Å². The highest BCUT2D eigenvalue weighted by atomic mass is 35.5. The van der Waals surface area contributed by atoms with Gasteiger partial charge in [-0.2, -0.15) is 0 Å². The zero-order valence-corrected chi connectivity index (χ0v) is 18.8. The SMILES string of the molecule is COC(=O)C1=C(N)OC2=C(C(=O)CCC2)[C@H]1c1ccc(OCc2ccc(Cl)cc2)c(Cl)c1. The molecule has 2 aromatic carbocycles. The minimum Gasteiger partial charge on any atom is -0.487 e. The molecule has 2 aromatic rings. The molecule has 8 heteroatoms. The summed E-state index contributed by atoms with van der Waals surface area (Å²) in [6, 6.07) is 12.5. The van der Waals surface area contributed by atoms with Gasteiger partial charge in [-0.1, -0.05) is 41.4 Å². The molecule has 0 bridgehead atoms. The van der Waals surface area contributed by atoms with E-state index in [2.05, 4.69) is 0 Å². The second-order valence-electron chi connectivity index (χ2n) is 7.52. The molecule has 2 N–H and O–H groups in total. The topological polar surface area (TPSA) is 87.9 Å². The Morgan fingerprint density at radius 1 is 1.16 bits per heavy atom. The van der Waals surface area contributed by atoms with Gasteiger partial charge in [-0.05, 0) is 41.8 Å². The molecule has 4 rings (SSSR count). The van der Waals surface area contributed by atoms with Crippen molar-refractivity contribution in [2.24, 2.45) is 5.73 Å². The third kappa shape index (κ3) is 4.33. The molecule has 1 heterocycles. The fraction of sp³-hybridized carbons (Fsp3) is 0.250. The highest BCUT2D eigenvalue weighted by molar-refractivity contribution is 6.32. The predicted molar refractivity (Wildman–Crippen MR) is 120 cm³/mol. The highest BCUT2D eigenvalue weighted by Gasteiger charge is 2.41. The van der Waals surface area contributed by atoms with E-state index < -0.39 is 11.9 Å². The molecule has 0 fully saturated rings. The van der Waals surface area contributed by atoms with Gasteiger partial charge in [-0.25, -0.2) is 4.79 Å². The minimum atomic E-state index is -0.721. The first-order valence-corrected chi connectivity index (χ1v) is 10.8. The number of hydrogen-bond acceptors (Lipinski definition) is 6. The predicted octanol–water partition coefficient (Wildman–Crippen LogP) is 5.04. The number of nitrogens with two attached hydrogens (primary N) is 1. The van der Waals surface area contributed by atoms with Gasteiger partial charge in [0.2, 0.25) is 5.88 Å².